The lowest BCUT2D eigenvalue weighted by molar-refractivity contribution is -1.03. The summed E-state index contributed by atoms with van der Waals surface area (Å²) in [7, 11) is 2.55. The Balaban J connectivity index is 1.22. The summed E-state index contributed by atoms with van der Waals surface area (Å²) in [5, 5.41) is 10.7. The Morgan fingerprint density at radius 2 is 1.49 bits per heavy atom. The van der Waals surface area contributed by atoms with Gasteiger partial charge in [-0.3, -0.25) is 0 Å². The van der Waals surface area contributed by atoms with E-state index in [2.05, 4.69) is 104 Å². The molecular weight excluding hydrogens is 424 g/mol. The van der Waals surface area contributed by atoms with Crippen LogP contribution >= 0.6 is 0 Å². The van der Waals surface area contributed by atoms with Crippen molar-refractivity contribution < 1.29 is 4.48 Å². The van der Waals surface area contributed by atoms with Crippen LogP contribution in [0.15, 0.2) is 91.0 Å². The molecule has 1 spiro atoms. The van der Waals surface area contributed by atoms with Gasteiger partial charge < -0.3 is 4.48 Å². The van der Waals surface area contributed by atoms with Crippen molar-refractivity contribution in [2.45, 2.75) is 62.4 Å². The average Bonchev–Trinajstić information content (AvgIpc) is 3.29. The van der Waals surface area contributed by atoms with Gasteiger partial charge in [-0.25, -0.2) is 0 Å². The lowest BCUT2D eigenvalue weighted by atomic mass is 9.51. The second-order valence-electron chi connectivity index (χ2n) is 11.7. The number of aryl methyl sites for hydroxylation is 1. The fraction of sp³-hybridized carbons (Fsp3) is 0.424. The number of nitrogens with zero attached hydrogens (tertiary/aromatic N) is 2. The van der Waals surface area contributed by atoms with E-state index < -0.39 is 5.41 Å². The van der Waals surface area contributed by atoms with Gasteiger partial charge in [0, 0.05) is 19.3 Å². The molecule has 2 nitrogen and oxygen atoms in total. The average molecular weight is 462 g/mol. The van der Waals surface area contributed by atoms with E-state index in [1.165, 1.54) is 55.1 Å². The first-order chi connectivity index (χ1) is 17.1. The van der Waals surface area contributed by atoms with E-state index in [1.54, 1.807) is 0 Å². The standard InChI is InChI=1S/C33H37N2/c1-35(21-11-14-26-12-5-2-6-13-26)30-19-20-32(30)23-27(22-31(32)35)24-33(25-34,28-15-7-3-8-16-28)29-17-9-4-10-18-29/h2-10,12-13,15-18,27,30-31H,11,14,19-24H2,1H3/q+1/t27-,30-,31-,32?,35?/m0/s1. The molecule has 5 atom stereocenters. The van der Waals surface area contributed by atoms with Crippen LogP contribution in [0, 0.1) is 22.7 Å². The molecule has 178 valence electrons. The molecular formula is C33H37N2+. The normalized spacial score (nSPS) is 30.9. The van der Waals surface area contributed by atoms with Gasteiger partial charge in [0.25, 0.3) is 0 Å². The van der Waals surface area contributed by atoms with E-state index in [9.17, 15) is 5.26 Å². The number of nitriles is 1. The third-order valence-corrected chi connectivity index (χ3v) is 10.1. The molecule has 0 aromatic heterocycles. The van der Waals surface area contributed by atoms with Gasteiger partial charge in [0.2, 0.25) is 0 Å². The molecule has 2 heteroatoms. The fourth-order valence-electron chi connectivity index (χ4n) is 8.61. The van der Waals surface area contributed by atoms with Crippen LogP contribution in [0.2, 0.25) is 0 Å². The first-order valence-electron chi connectivity index (χ1n) is 13.5. The summed E-state index contributed by atoms with van der Waals surface area (Å²) in [6.07, 6.45) is 8.79. The summed E-state index contributed by atoms with van der Waals surface area (Å²) in [4.78, 5) is 0. The van der Waals surface area contributed by atoms with Crippen LogP contribution in [0.25, 0.3) is 0 Å². The Kier molecular flexibility index (Phi) is 5.58. The van der Waals surface area contributed by atoms with Gasteiger partial charge in [0.05, 0.1) is 25.1 Å². The molecule has 6 rings (SSSR count). The van der Waals surface area contributed by atoms with E-state index in [0.29, 0.717) is 11.3 Å². The molecule has 2 aliphatic carbocycles. The van der Waals surface area contributed by atoms with Crippen molar-refractivity contribution in [2.24, 2.45) is 11.3 Å². The van der Waals surface area contributed by atoms with E-state index in [-0.39, 0.29) is 0 Å². The highest BCUT2D eigenvalue weighted by Gasteiger charge is 2.77. The highest BCUT2D eigenvalue weighted by Crippen LogP contribution is 2.70. The van der Waals surface area contributed by atoms with Crippen molar-refractivity contribution in [1.82, 2.24) is 0 Å². The third kappa shape index (κ3) is 3.47. The zero-order chi connectivity index (χ0) is 23.9. The van der Waals surface area contributed by atoms with Gasteiger partial charge >= 0.3 is 0 Å². The van der Waals surface area contributed by atoms with Crippen molar-refractivity contribution in [3.63, 3.8) is 0 Å². The van der Waals surface area contributed by atoms with Gasteiger partial charge in [0.1, 0.15) is 17.5 Å². The maximum Gasteiger partial charge on any atom is 0.107 e. The molecule has 2 unspecified atom stereocenters. The highest BCUT2D eigenvalue weighted by molar-refractivity contribution is 5.46. The Hall–Kier alpha value is -2.89. The molecule has 1 saturated heterocycles. The second-order valence-corrected chi connectivity index (χ2v) is 11.7. The molecule has 0 N–H and O–H groups in total. The molecule has 0 radical (unpaired) electrons. The van der Waals surface area contributed by atoms with Crippen LogP contribution in [0.3, 0.4) is 0 Å². The Bertz CT molecular complexity index is 1160. The lowest BCUT2D eigenvalue weighted by Gasteiger charge is -2.71. The first-order valence-corrected chi connectivity index (χ1v) is 13.5. The van der Waals surface area contributed by atoms with Crippen molar-refractivity contribution in [2.75, 3.05) is 13.6 Å². The third-order valence-electron chi connectivity index (χ3n) is 10.1. The van der Waals surface area contributed by atoms with Crippen LogP contribution < -0.4 is 0 Å². The topological polar surface area (TPSA) is 23.8 Å². The van der Waals surface area contributed by atoms with E-state index in [4.69, 9.17) is 0 Å². The molecule has 3 aromatic carbocycles. The Labute approximate surface area is 210 Å². The van der Waals surface area contributed by atoms with E-state index >= 15 is 0 Å². The van der Waals surface area contributed by atoms with Crippen LogP contribution in [-0.2, 0) is 11.8 Å². The monoisotopic (exact) mass is 461 g/mol. The molecule has 3 aromatic rings. The zero-order valence-electron chi connectivity index (χ0n) is 20.9. The zero-order valence-corrected chi connectivity index (χ0v) is 20.9. The Morgan fingerprint density at radius 3 is 2.03 bits per heavy atom. The molecule has 35 heavy (non-hydrogen) atoms. The number of piperidine rings is 1. The predicted molar refractivity (Wildman–Crippen MR) is 142 cm³/mol. The number of rotatable bonds is 8. The quantitative estimate of drug-likeness (QED) is 0.335. The minimum absolute atomic E-state index is 0.556. The largest absolute Gasteiger partial charge is 0.320 e. The number of likely N-dealkylation sites (tertiary alicyclic amines) is 1. The van der Waals surface area contributed by atoms with Crippen LogP contribution in [-0.4, -0.2) is 30.2 Å². The fourth-order valence-corrected chi connectivity index (χ4v) is 8.61. The molecule has 3 fully saturated rings. The minimum atomic E-state index is -0.566. The van der Waals surface area contributed by atoms with Gasteiger partial charge in [-0.05, 0) is 48.3 Å². The molecule has 2 saturated carbocycles. The molecule has 3 aliphatic rings. The number of hydrogen-bond donors (Lipinski definition) is 0. The van der Waals surface area contributed by atoms with Crippen molar-refractivity contribution in [1.29, 1.82) is 5.26 Å². The van der Waals surface area contributed by atoms with Gasteiger partial charge in [0.15, 0.2) is 0 Å². The van der Waals surface area contributed by atoms with Crippen molar-refractivity contribution in [3.8, 4) is 6.07 Å². The van der Waals surface area contributed by atoms with E-state index in [0.717, 1.165) is 29.6 Å². The smallest absolute Gasteiger partial charge is 0.107 e. The van der Waals surface area contributed by atoms with Crippen LogP contribution in [0.5, 0.6) is 0 Å². The highest BCUT2D eigenvalue weighted by atomic mass is 15.5. The molecule has 1 heterocycles. The predicted octanol–water partition coefficient (Wildman–Crippen LogP) is 6.91. The van der Waals surface area contributed by atoms with Crippen molar-refractivity contribution >= 4 is 0 Å². The van der Waals surface area contributed by atoms with Crippen LogP contribution in [0.4, 0.5) is 0 Å². The summed E-state index contributed by atoms with van der Waals surface area (Å²) < 4.78 is 1.28. The maximum absolute atomic E-state index is 10.7. The number of benzene rings is 3. The molecule has 0 amide bonds. The summed E-state index contributed by atoms with van der Waals surface area (Å²) in [6, 6.07) is 36.5. The van der Waals surface area contributed by atoms with Crippen molar-refractivity contribution in [3.05, 3.63) is 108 Å². The maximum atomic E-state index is 10.7. The van der Waals surface area contributed by atoms with E-state index in [1.807, 2.05) is 0 Å². The first kappa shape index (κ1) is 22.6. The second kappa shape index (κ2) is 8.65. The number of hydrogen-bond acceptors (Lipinski definition) is 1. The summed E-state index contributed by atoms with van der Waals surface area (Å²) >= 11 is 0. The van der Waals surface area contributed by atoms with Gasteiger partial charge in [-0.15, -0.1) is 0 Å². The van der Waals surface area contributed by atoms with Gasteiger partial charge in [-0.2, -0.15) is 5.26 Å². The summed E-state index contributed by atoms with van der Waals surface area (Å²) in [5.41, 5.74) is 3.75. The Morgan fingerprint density at radius 1 is 0.886 bits per heavy atom. The summed E-state index contributed by atoms with van der Waals surface area (Å²) in [6.45, 7) is 1.29. The van der Waals surface area contributed by atoms with Gasteiger partial charge in [-0.1, -0.05) is 91.0 Å². The molecule has 1 aliphatic heterocycles. The SMILES string of the molecule is C[N+]1(CCCc2ccccc2)[C@H]2CCC23C[C@@H](CC(C#N)(c2ccccc2)c2ccccc2)C[C@@H]31. The van der Waals surface area contributed by atoms with Crippen LogP contribution in [0.1, 0.15) is 55.2 Å². The summed E-state index contributed by atoms with van der Waals surface area (Å²) in [5.74, 6) is 0.608. The molecule has 0 bridgehead atoms. The minimum Gasteiger partial charge on any atom is -0.320 e. The number of quaternary nitrogens is 1. The lowest BCUT2D eigenvalue weighted by Crippen LogP contribution is -2.83.